The average Bonchev–Trinajstić information content (AvgIpc) is 3.24. The normalized spacial score (nSPS) is 14.1. The molecule has 0 spiro atoms. The van der Waals surface area contributed by atoms with Crippen LogP contribution in [0.4, 0.5) is 11.4 Å². The molecule has 0 atom stereocenters. The quantitative estimate of drug-likeness (QED) is 0.547. The van der Waals surface area contributed by atoms with Gasteiger partial charge in [0.05, 0.1) is 18.8 Å². The zero-order valence-electron chi connectivity index (χ0n) is 16.3. The Morgan fingerprint density at radius 1 is 1.07 bits per heavy atom. The summed E-state index contributed by atoms with van der Waals surface area (Å²) in [6, 6.07) is 19.8. The molecule has 1 aliphatic heterocycles. The Morgan fingerprint density at radius 3 is 2.67 bits per heavy atom. The summed E-state index contributed by atoms with van der Waals surface area (Å²) in [4.78, 5) is 22.6. The summed E-state index contributed by atoms with van der Waals surface area (Å²) in [7, 11) is 0. The van der Waals surface area contributed by atoms with Gasteiger partial charge in [-0.2, -0.15) is 4.98 Å². The molecular formula is C23H21N4O2S+. The van der Waals surface area contributed by atoms with Crippen molar-refractivity contribution >= 4 is 38.8 Å². The summed E-state index contributed by atoms with van der Waals surface area (Å²) in [6.07, 6.45) is 1.68. The van der Waals surface area contributed by atoms with E-state index in [4.69, 9.17) is 4.74 Å². The number of amides is 1. The third-order valence-corrected chi connectivity index (χ3v) is 6.22. The lowest BCUT2D eigenvalue weighted by Gasteiger charge is -2.28. The highest BCUT2D eigenvalue weighted by molar-refractivity contribution is 7.21. The van der Waals surface area contributed by atoms with Crippen LogP contribution in [0.25, 0.3) is 20.8 Å². The number of morpholine rings is 1. The van der Waals surface area contributed by atoms with Crippen molar-refractivity contribution in [3.8, 4) is 10.6 Å². The van der Waals surface area contributed by atoms with E-state index in [2.05, 4.69) is 32.3 Å². The number of nitrogens with one attached hydrogen (secondary N) is 2. The smallest absolute Gasteiger partial charge is 0.274 e. The Morgan fingerprint density at radius 2 is 1.87 bits per heavy atom. The van der Waals surface area contributed by atoms with Crippen molar-refractivity contribution in [2.45, 2.75) is 0 Å². The van der Waals surface area contributed by atoms with Crippen LogP contribution in [0.2, 0.25) is 0 Å². The first-order valence-corrected chi connectivity index (χ1v) is 10.7. The molecule has 3 heterocycles. The molecule has 1 fully saturated rings. The summed E-state index contributed by atoms with van der Waals surface area (Å²) < 4.78 is 6.62. The van der Waals surface area contributed by atoms with Crippen LogP contribution in [0.15, 0.2) is 66.9 Å². The van der Waals surface area contributed by atoms with Gasteiger partial charge in [0.1, 0.15) is 10.4 Å². The van der Waals surface area contributed by atoms with Crippen molar-refractivity contribution in [2.75, 3.05) is 36.5 Å². The summed E-state index contributed by atoms with van der Waals surface area (Å²) in [5.41, 5.74) is 4.35. The van der Waals surface area contributed by atoms with E-state index in [-0.39, 0.29) is 5.91 Å². The number of aromatic nitrogens is 2. The lowest BCUT2D eigenvalue weighted by molar-refractivity contribution is -0.325. The molecule has 5 rings (SSSR count). The van der Waals surface area contributed by atoms with Crippen LogP contribution in [0.3, 0.4) is 0 Å². The minimum absolute atomic E-state index is 0.216. The van der Waals surface area contributed by atoms with Crippen LogP contribution in [0.1, 0.15) is 10.5 Å². The number of carbonyl (C=O) groups excluding carboxylic acids is 1. The highest BCUT2D eigenvalue weighted by Crippen LogP contribution is 2.27. The molecule has 0 saturated carbocycles. The molecule has 4 aromatic rings. The van der Waals surface area contributed by atoms with Gasteiger partial charge in [0.15, 0.2) is 0 Å². The molecule has 2 N–H and O–H groups in total. The second-order valence-corrected chi connectivity index (χ2v) is 8.13. The number of rotatable bonds is 4. The standard InChI is InChI=1S/C23H20N4O2S/c28-22(20-15-18(9-10-24-20)27-11-13-29-14-12-27)25-17-7-5-16(6-8-17)23-26-19-3-1-2-4-21(19)30-23/h1-10,15H,11-14H2,(H,25,28)/p+1. The number of carbonyl (C=O) groups is 1. The molecule has 6 nitrogen and oxygen atoms in total. The molecule has 2 aromatic heterocycles. The van der Waals surface area contributed by atoms with Gasteiger partial charge in [-0.1, -0.05) is 23.5 Å². The number of aromatic amines is 1. The number of fused-ring (bicyclic) bond motifs is 1. The summed E-state index contributed by atoms with van der Waals surface area (Å²) in [6.45, 7) is 3.05. The lowest BCUT2D eigenvalue weighted by atomic mass is 10.2. The number of nitrogens with zero attached hydrogens (tertiary/aromatic N) is 2. The fourth-order valence-electron chi connectivity index (χ4n) is 3.51. The van der Waals surface area contributed by atoms with Gasteiger partial charge in [0.2, 0.25) is 5.52 Å². The van der Waals surface area contributed by atoms with Crippen LogP contribution in [-0.2, 0) is 4.74 Å². The third kappa shape index (κ3) is 3.90. The Kier molecular flexibility index (Phi) is 5.13. The van der Waals surface area contributed by atoms with Gasteiger partial charge in [-0.15, -0.1) is 0 Å². The minimum atomic E-state index is -0.216. The van der Waals surface area contributed by atoms with Gasteiger partial charge in [0.25, 0.3) is 10.9 Å². The predicted molar refractivity (Wildman–Crippen MR) is 119 cm³/mol. The van der Waals surface area contributed by atoms with Gasteiger partial charge in [-0.3, -0.25) is 9.78 Å². The number of pyridine rings is 1. The molecule has 1 aliphatic rings. The van der Waals surface area contributed by atoms with E-state index in [0.717, 1.165) is 40.6 Å². The first-order valence-electron chi connectivity index (χ1n) is 9.88. The van der Waals surface area contributed by atoms with Crippen molar-refractivity contribution in [1.29, 1.82) is 0 Å². The van der Waals surface area contributed by atoms with Crippen molar-refractivity contribution in [2.24, 2.45) is 0 Å². The van der Waals surface area contributed by atoms with Crippen LogP contribution in [0.5, 0.6) is 0 Å². The highest BCUT2D eigenvalue weighted by atomic mass is 32.1. The largest absolute Gasteiger partial charge is 0.378 e. The Balaban J connectivity index is 1.30. The Hall–Kier alpha value is -3.29. The van der Waals surface area contributed by atoms with Gasteiger partial charge in [-0.25, -0.2) is 0 Å². The van der Waals surface area contributed by atoms with Gasteiger partial charge >= 0.3 is 0 Å². The maximum Gasteiger partial charge on any atom is 0.274 e. The van der Waals surface area contributed by atoms with Crippen molar-refractivity contribution in [3.63, 3.8) is 0 Å². The minimum Gasteiger partial charge on any atom is -0.378 e. The summed E-state index contributed by atoms with van der Waals surface area (Å²) in [5, 5.41) is 4.03. The first kappa shape index (κ1) is 18.7. The molecule has 0 aliphatic carbocycles. The van der Waals surface area contributed by atoms with E-state index in [1.54, 1.807) is 17.5 Å². The lowest BCUT2D eigenvalue weighted by Crippen LogP contribution is -2.36. The van der Waals surface area contributed by atoms with E-state index in [9.17, 15) is 4.79 Å². The number of ether oxygens (including phenoxy) is 1. The first-order chi connectivity index (χ1) is 14.8. The highest BCUT2D eigenvalue weighted by Gasteiger charge is 2.16. The molecule has 30 heavy (non-hydrogen) atoms. The Bertz CT molecular complexity index is 1150. The summed E-state index contributed by atoms with van der Waals surface area (Å²) in [5.74, 6) is -0.216. The van der Waals surface area contributed by atoms with Crippen molar-refractivity contribution in [1.82, 2.24) is 4.98 Å². The number of para-hydroxylation sites is 1. The number of hydrogen-bond donors (Lipinski definition) is 1. The fraction of sp³-hybridized carbons (Fsp3) is 0.174. The SMILES string of the molecule is O=C(Nc1ccc(-c2[nH+]c3ccccc3s2)cc1)c1cc(N2CCOCC2)ccn1. The predicted octanol–water partition coefficient (Wildman–Crippen LogP) is 3.87. The van der Waals surface area contributed by atoms with Crippen LogP contribution in [0, 0.1) is 0 Å². The number of H-pyrrole nitrogens is 1. The molecule has 0 unspecified atom stereocenters. The molecule has 0 radical (unpaired) electrons. The van der Waals surface area contributed by atoms with E-state index in [0.29, 0.717) is 18.9 Å². The Labute approximate surface area is 178 Å². The van der Waals surface area contributed by atoms with Gasteiger partial charge in [-0.05, 0) is 42.5 Å². The van der Waals surface area contributed by atoms with Crippen LogP contribution in [-0.4, -0.2) is 37.2 Å². The molecular weight excluding hydrogens is 396 g/mol. The van der Waals surface area contributed by atoms with Crippen molar-refractivity contribution in [3.05, 3.63) is 72.6 Å². The monoisotopic (exact) mass is 417 g/mol. The molecule has 150 valence electrons. The molecule has 1 saturated heterocycles. The number of thiazole rings is 1. The van der Waals surface area contributed by atoms with Gasteiger partial charge < -0.3 is 15.0 Å². The topological polar surface area (TPSA) is 68.6 Å². The van der Waals surface area contributed by atoms with Crippen LogP contribution >= 0.6 is 11.3 Å². The molecule has 2 aromatic carbocycles. The molecule has 7 heteroatoms. The van der Waals surface area contributed by atoms with Crippen molar-refractivity contribution < 1.29 is 14.5 Å². The summed E-state index contributed by atoms with van der Waals surface area (Å²) >= 11 is 1.72. The van der Waals surface area contributed by atoms with E-state index in [1.807, 2.05) is 48.5 Å². The van der Waals surface area contributed by atoms with Gasteiger partial charge in [0, 0.05) is 36.7 Å². The van der Waals surface area contributed by atoms with E-state index >= 15 is 0 Å². The zero-order chi connectivity index (χ0) is 20.3. The number of anilines is 2. The van der Waals surface area contributed by atoms with E-state index in [1.165, 1.54) is 4.70 Å². The second kappa shape index (κ2) is 8.22. The van der Waals surface area contributed by atoms with Crippen LogP contribution < -0.4 is 15.2 Å². The fourth-order valence-corrected chi connectivity index (χ4v) is 4.52. The maximum atomic E-state index is 12.7. The third-order valence-electron chi connectivity index (χ3n) is 5.10. The molecule has 1 amide bonds. The number of benzene rings is 2. The zero-order valence-corrected chi connectivity index (χ0v) is 17.1. The average molecular weight is 418 g/mol. The molecule has 0 bridgehead atoms. The second-order valence-electron chi connectivity index (χ2n) is 7.08. The number of hydrogen-bond acceptors (Lipinski definition) is 5. The maximum absolute atomic E-state index is 12.7. The van der Waals surface area contributed by atoms with E-state index < -0.39 is 0 Å².